The summed E-state index contributed by atoms with van der Waals surface area (Å²) in [5, 5.41) is 14.3. The van der Waals surface area contributed by atoms with E-state index in [0.717, 1.165) is 16.5 Å². The summed E-state index contributed by atoms with van der Waals surface area (Å²) >= 11 is 3.44. The van der Waals surface area contributed by atoms with Gasteiger partial charge in [-0.1, -0.05) is 48.0 Å². The highest BCUT2D eigenvalue weighted by atomic mass is 79.9. The van der Waals surface area contributed by atoms with Crippen molar-refractivity contribution in [2.45, 2.75) is 39.2 Å². The van der Waals surface area contributed by atoms with Crippen molar-refractivity contribution >= 4 is 39.0 Å². The van der Waals surface area contributed by atoms with E-state index < -0.39 is 5.97 Å². The minimum absolute atomic E-state index is 0.0131. The minimum atomic E-state index is -1.000. The molecule has 1 aromatic heterocycles. The van der Waals surface area contributed by atoms with Gasteiger partial charge in [0.05, 0.1) is 29.8 Å². The molecule has 0 spiro atoms. The number of benzene rings is 3. The molecule has 0 saturated heterocycles. The number of methoxy groups -OCH3 is 1. The normalized spacial score (nSPS) is 12.0. The SMILES string of the molecule is C=CCc1cc(C=Nn2c([C@@H](C)CC)nc3ccc(Br)cc3c2=O)cc(OC)c1OCc1cccc(C(=O)O)c1. The molecule has 1 atom stereocenters. The van der Waals surface area contributed by atoms with E-state index >= 15 is 0 Å². The highest BCUT2D eigenvalue weighted by Gasteiger charge is 2.17. The lowest BCUT2D eigenvalue weighted by atomic mass is 10.1. The number of rotatable bonds is 11. The van der Waals surface area contributed by atoms with Crippen LogP contribution in [0, 0.1) is 0 Å². The van der Waals surface area contributed by atoms with Gasteiger partial charge in [-0.15, -0.1) is 6.58 Å². The van der Waals surface area contributed by atoms with Crippen LogP contribution in [0.4, 0.5) is 0 Å². The maximum absolute atomic E-state index is 13.5. The van der Waals surface area contributed by atoms with Crippen molar-refractivity contribution < 1.29 is 19.4 Å². The van der Waals surface area contributed by atoms with Gasteiger partial charge in [0, 0.05) is 16.0 Å². The highest BCUT2D eigenvalue weighted by molar-refractivity contribution is 9.10. The van der Waals surface area contributed by atoms with Crippen LogP contribution in [-0.2, 0) is 13.0 Å². The van der Waals surface area contributed by atoms with Crippen LogP contribution in [0.25, 0.3) is 10.9 Å². The molecule has 3 aromatic carbocycles. The van der Waals surface area contributed by atoms with Gasteiger partial charge in [-0.05, 0) is 66.4 Å². The predicted octanol–water partition coefficient (Wildman–Crippen LogP) is 6.57. The van der Waals surface area contributed by atoms with Crippen LogP contribution in [0.3, 0.4) is 0 Å². The van der Waals surface area contributed by atoms with E-state index in [2.05, 4.69) is 27.6 Å². The number of carboxylic acid groups (broad SMARTS) is 1. The van der Waals surface area contributed by atoms with Gasteiger partial charge in [-0.2, -0.15) is 9.78 Å². The van der Waals surface area contributed by atoms with Gasteiger partial charge in [0.15, 0.2) is 11.5 Å². The number of hydrogen-bond acceptors (Lipinski definition) is 6. The minimum Gasteiger partial charge on any atom is -0.493 e. The molecule has 8 nitrogen and oxygen atoms in total. The van der Waals surface area contributed by atoms with Crippen LogP contribution >= 0.6 is 15.9 Å². The number of halogens is 1. The molecule has 0 aliphatic carbocycles. The first-order valence-corrected chi connectivity index (χ1v) is 13.6. The number of ether oxygens (including phenoxy) is 2. The molecule has 1 N–H and O–H groups in total. The summed E-state index contributed by atoms with van der Waals surface area (Å²) in [6.45, 7) is 8.07. The Morgan fingerprint density at radius 2 is 2.02 bits per heavy atom. The van der Waals surface area contributed by atoms with Crippen LogP contribution in [0.2, 0.25) is 0 Å². The highest BCUT2D eigenvalue weighted by Crippen LogP contribution is 2.34. The van der Waals surface area contributed by atoms with E-state index in [1.54, 1.807) is 49.7 Å². The average Bonchev–Trinajstić information content (AvgIpc) is 2.95. The first kappa shape index (κ1) is 28.8. The van der Waals surface area contributed by atoms with Gasteiger partial charge in [0.2, 0.25) is 0 Å². The van der Waals surface area contributed by atoms with Crippen molar-refractivity contribution in [1.82, 2.24) is 9.66 Å². The average molecular weight is 605 g/mol. The number of allylic oxidation sites excluding steroid dienone is 1. The molecule has 0 aliphatic rings. The molecule has 40 heavy (non-hydrogen) atoms. The molecule has 0 unspecified atom stereocenters. The monoisotopic (exact) mass is 603 g/mol. The predicted molar refractivity (Wildman–Crippen MR) is 160 cm³/mol. The molecule has 4 rings (SSSR count). The fourth-order valence-electron chi connectivity index (χ4n) is 4.23. The standard InChI is InChI=1S/C31H30BrN3O5/c1-5-8-22-14-21(15-27(39-4)28(22)40-18-20-9-7-10-23(13-20)31(37)38)17-33-35-29(19(3)6-2)34-26-12-11-24(32)16-25(26)30(35)36/h5,7,9-17,19H,1,6,8,18H2,2-4H3,(H,37,38)/t19-/m0/s1. The Morgan fingerprint density at radius 3 is 2.73 bits per heavy atom. The van der Waals surface area contributed by atoms with Crippen LogP contribution in [0.1, 0.15) is 59.1 Å². The molecular formula is C31H30BrN3O5. The molecule has 1 heterocycles. The molecule has 0 radical (unpaired) electrons. The molecule has 0 fully saturated rings. The number of aromatic nitrogens is 2. The Kier molecular flexibility index (Phi) is 9.16. The molecule has 206 valence electrons. The van der Waals surface area contributed by atoms with Crippen molar-refractivity contribution in [2.75, 3.05) is 7.11 Å². The van der Waals surface area contributed by atoms with Gasteiger partial charge < -0.3 is 14.6 Å². The molecule has 0 aliphatic heterocycles. The second-order valence-corrected chi connectivity index (χ2v) is 10.2. The lowest BCUT2D eigenvalue weighted by molar-refractivity contribution is 0.0696. The van der Waals surface area contributed by atoms with E-state index in [1.165, 1.54) is 10.7 Å². The van der Waals surface area contributed by atoms with Crippen molar-refractivity contribution in [3.63, 3.8) is 0 Å². The van der Waals surface area contributed by atoms with Crippen LogP contribution in [0.15, 0.2) is 81.6 Å². The lowest BCUT2D eigenvalue weighted by Crippen LogP contribution is -2.23. The van der Waals surface area contributed by atoms with E-state index in [4.69, 9.17) is 14.5 Å². The fourth-order valence-corrected chi connectivity index (χ4v) is 4.59. The smallest absolute Gasteiger partial charge is 0.335 e. The summed E-state index contributed by atoms with van der Waals surface area (Å²) in [6.07, 6.45) is 4.65. The van der Waals surface area contributed by atoms with E-state index in [9.17, 15) is 14.7 Å². The number of fused-ring (bicyclic) bond motifs is 1. The number of carbonyl (C=O) groups is 1. The molecule has 0 saturated carbocycles. The van der Waals surface area contributed by atoms with Gasteiger partial charge in [-0.25, -0.2) is 9.78 Å². The van der Waals surface area contributed by atoms with Gasteiger partial charge >= 0.3 is 5.97 Å². The molecule has 4 aromatic rings. The first-order chi connectivity index (χ1) is 19.2. The largest absolute Gasteiger partial charge is 0.493 e. The van der Waals surface area contributed by atoms with Crippen molar-refractivity contribution in [3.8, 4) is 11.5 Å². The second-order valence-electron chi connectivity index (χ2n) is 9.30. The Balaban J connectivity index is 1.73. The Bertz CT molecular complexity index is 1660. The summed E-state index contributed by atoms with van der Waals surface area (Å²) in [6, 6.07) is 15.7. The first-order valence-electron chi connectivity index (χ1n) is 12.8. The number of hydrogen-bond donors (Lipinski definition) is 1. The van der Waals surface area contributed by atoms with Crippen molar-refractivity contribution in [1.29, 1.82) is 0 Å². The quantitative estimate of drug-likeness (QED) is 0.154. The third kappa shape index (κ3) is 6.31. The summed E-state index contributed by atoms with van der Waals surface area (Å²) in [4.78, 5) is 29.6. The van der Waals surface area contributed by atoms with E-state index in [1.807, 2.05) is 32.0 Å². The third-order valence-corrected chi connectivity index (χ3v) is 7.00. The zero-order chi connectivity index (χ0) is 28.8. The molecule has 9 heteroatoms. The summed E-state index contributed by atoms with van der Waals surface area (Å²) < 4.78 is 13.9. The van der Waals surface area contributed by atoms with Gasteiger partial charge in [-0.3, -0.25) is 4.79 Å². The Labute approximate surface area is 240 Å². The second kappa shape index (κ2) is 12.7. The maximum Gasteiger partial charge on any atom is 0.335 e. The fraction of sp³-hybridized carbons (Fsp3) is 0.226. The van der Waals surface area contributed by atoms with E-state index in [-0.39, 0.29) is 23.6 Å². The summed E-state index contributed by atoms with van der Waals surface area (Å²) in [5.41, 5.74) is 2.78. The van der Waals surface area contributed by atoms with Crippen molar-refractivity contribution in [3.05, 3.63) is 110 Å². The third-order valence-electron chi connectivity index (χ3n) is 6.50. The molecule has 0 amide bonds. The number of carboxylic acids is 1. The zero-order valence-electron chi connectivity index (χ0n) is 22.6. The van der Waals surface area contributed by atoms with Gasteiger partial charge in [0.1, 0.15) is 12.4 Å². The van der Waals surface area contributed by atoms with Crippen LogP contribution in [-0.4, -0.2) is 34.1 Å². The topological polar surface area (TPSA) is 103 Å². The maximum atomic E-state index is 13.5. The number of aromatic carboxylic acids is 1. The van der Waals surface area contributed by atoms with Gasteiger partial charge in [0.25, 0.3) is 5.56 Å². The van der Waals surface area contributed by atoms with Crippen molar-refractivity contribution in [2.24, 2.45) is 5.10 Å². The van der Waals surface area contributed by atoms with E-state index in [0.29, 0.717) is 45.8 Å². The van der Waals surface area contributed by atoms with Crippen LogP contribution in [0.5, 0.6) is 11.5 Å². The summed E-state index contributed by atoms with van der Waals surface area (Å²) in [7, 11) is 1.54. The molecule has 0 bridgehead atoms. The Hall–Kier alpha value is -4.24. The molecular weight excluding hydrogens is 574 g/mol. The zero-order valence-corrected chi connectivity index (χ0v) is 24.1. The van der Waals surface area contributed by atoms with Crippen LogP contribution < -0.4 is 15.0 Å². The number of nitrogens with zero attached hydrogens (tertiary/aromatic N) is 3. The summed E-state index contributed by atoms with van der Waals surface area (Å²) in [5.74, 6) is 0.597. The Morgan fingerprint density at radius 1 is 1.23 bits per heavy atom. The lowest BCUT2D eigenvalue weighted by Gasteiger charge is -2.16.